The van der Waals surface area contributed by atoms with Gasteiger partial charge in [-0.05, 0) is 72.7 Å². The Labute approximate surface area is 186 Å². The molecule has 4 unspecified atom stereocenters. The number of carbonyl (C=O) groups excluding carboxylic acids is 2. The predicted octanol–water partition coefficient (Wildman–Crippen LogP) is 4.73. The molecule has 172 valence electrons. The van der Waals surface area contributed by atoms with Crippen LogP contribution in [0.15, 0.2) is 23.3 Å². The minimum atomic E-state index is -0.532. The average molecular weight is 431 g/mol. The van der Waals surface area contributed by atoms with Crippen LogP contribution < -0.4 is 0 Å². The lowest BCUT2D eigenvalue weighted by atomic mass is 9.47. The van der Waals surface area contributed by atoms with Gasteiger partial charge in [0, 0.05) is 26.7 Å². The minimum absolute atomic E-state index is 0.0352. The fraction of sp³-hybridized carbons (Fsp3) is 0.769. The van der Waals surface area contributed by atoms with E-state index in [1.165, 1.54) is 31.4 Å². The van der Waals surface area contributed by atoms with Gasteiger partial charge in [0.15, 0.2) is 0 Å². The molecular formula is C26H38O5. The second-order valence-electron chi connectivity index (χ2n) is 10.7. The van der Waals surface area contributed by atoms with Gasteiger partial charge in [0.1, 0.15) is 6.10 Å². The van der Waals surface area contributed by atoms with E-state index in [1.807, 2.05) is 0 Å². The topological polar surface area (TPSA) is 72.8 Å². The van der Waals surface area contributed by atoms with Gasteiger partial charge in [0.25, 0.3) is 0 Å². The standard InChI is InChI=1S/C26H38O5/c1-16(27)30-14-11-24(29)23-8-7-21-20-6-5-18-15-19(31-17(2)28)9-12-25(18,3)22(20)10-13-26(21,23)4/h5,8,19-22,24,29H,6-7,9-15H2,1-4H3/t19-,20?,21?,22?,24?,25-,26-/m0/s1. The van der Waals surface area contributed by atoms with Crippen LogP contribution in [0.2, 0.25) is 0 Å². The maximum Gasteiger partial charge on any atom is 0.302 e. The highest BCUT2D eigenvalue weighted by Gasteiger charge is 2.57. The smallest absolute Gasteiger partial charge is 0.302 e. The van der Waals surface area contributed by atoms with Crippen molar-refractivity contribution in [1.82, 2.24) is 0 Å². The maximum atomic E-state index is 11.4. The first-order valence-corrected chi connectivity index (χ1v) is 12.0. The van der Waals surface area contributed by atoms with Gasteiger partial charge in [0.2, 0.25) is 0 Å². The lowest BCUT2D eigenvalue weighted by molar-refractivity contribution is -0.148. The van der Waals surface area contributed by atoms with Crippen LogP contribution in [0.4, 0.5) is 0 Å². The fourth-order valence-electron chi connectivity index (χ4n) is 7.55. The summed E-state index contributed by atoms with van der Waals surface area (Å²) >= 11 is 0. The van der Waals surface area contributed by atoms with Gasteiger partial charge in [-0.1, -0.05) is 31.6 Å². The number of ether oxygens (including phenoxy) is 2. The number of hydrogen-bond acceptors (Lipinski definition) is 5. The van der Waals surface area contributed by atoms with E-state index in [-0.39, 0.29) is 35.5 Å². The zero-order valence-corrected chi connectivity index (χ0v) is 19.5. The summed E-state index contributed by atoms with van der Waals surface area (Å²) in [5.41, 5.74) is 2.91. The maximum absolute atomic E-state index is 11.4. The Bertz CT molecular complexity index is 798. The average Bonchev–Trinajstić information content (AvgIpc) is 3.05. The second kappa shape index (κ2) is 8.38. The van der Waals surface area contributed by atoms with Crippen LogP contribution in [0.5, 0.6) is 0 Å². The number of esters is 2. The summed E-state index contributed by atoms with van der Waals surface area (Å²) in [4.78, 5) is 22.5. The number of fused-ring (bicyclic) bond motifs is 5. The molecule has 2 saturated carbocycles. The van der Waals surface area contributed by atoms with Gasteiger partial charge in [-0.25, -0.2) is 0 Å². The molecule has 0 spiro atoms. The van der Waals surface area contributed by atoms with E-state index in [0.29, 0.717) is 24.2 Å². The summed E-state index contributed by atoms with van der Waals surface area (Å²) in [5, 5.41) is 10.9. The van der Waals surface area contributed by atoms with Crippen LogP contribution in [0.1, 0.15) is 79.1 Å². The number of rotatable bonds is 5. The van der Waals surface area contributed by atoms with E-state index in [0.717, 1.165) is 38.5 Å². The number of carbonyl (C=O) groups is 2. The Morgan fingerprint density at radius 3 is 2.52 bits per heavy atom. The first-order chi connectivity index (χ1) is 14.6. The molecule has 0 aromatic rings. The molecule has 4 rings (SSSR count). The molecule has 31 heavy (non-hydrogen) atoms. The molecule has 0 aliphatic heterocycles. The molecule has 2 fully saturated rings. The second-order valence-corrected chi connectivity index (χ2v) is 10.7. The van der Waals surface area contributed by atoms with Gasteiger partial charge in [0.05, 0.1) is 12.7 Å². The van der Waals surface area contributed by atoms with Crippen molar-refractivity contribution in [3.8, 4) is 0 Å². The van der Waals surface area contributed by atoms with Crippen LogP contribution in [0.25, 0.3) is 0 Å². The third-order valence-corrected chi connectivity index (χ3v) is 9.09. The summed E-state index contributed by atoms with van der Waals surface area (Å²) in [6.07, 6.45) is 12.1. The summed E-state index contributed by atoms with van der Waals surface area (Å²) in [6.45, 7) is 7.98. The molecule has 0 radical (unpaired) electrons. The number of aliphatic hydroxyl groups is 1. The third kappa shape index (κ3) is 3.99. The van der Waals surface area contributed by atoms with Gasteiger partial charge >= 0.3 is 11.9 Å². The Balaban J connectivity index is 1.48. The molecule has 4 aliphatic rings. The van der Waals surface area contributed by atoms with E-state index in [9.17, 15) is 14.7 Å². The van der Waals surface area contributed by atoms with Crippen LogP contribution >= 0.6 is 0 Å². The van der Waals surface area contributed by atoms with Crippen LogP contribution in [-0.2, 0) is 19.1 Å². The van der Waals surface area contributed by atoms with Gasteiger partial charge < -0.3 is 14.6 Å². The van der Waals surface area contributed by atoms with Crippen molar-refractivity contribution < 1.29 is 24.2 Å². The van der Waals surface area contributed by atoms with E-state index in [4.69, 9.17) is 9.47 Å². The normalized spacial score (nSPS) is 39.9. The zero-order chi connectivity index (χ0) is 22.4. The van der Waals surface area contributed by atoms with Crippen molar-refractivity contribution in [2.75, 3.05) is 6.61 Å². The lowest BCUT2D eigenvalue weighted by Crippen LogP contribution is -2.50. The Hall–Kier alpha value is -1.62. The summed E-state index contributed by atoms with van der Waals surface area (Å²) in [7, 11) is 0. The number of aliphatic hydroxyl groups excluding tert-OH is 1. The number of allylic oxidation sites excluding steroid dienone is 2. The molecule has 0 aromatic carbocycles. The van der Waals surface area contributed by atoms with E-state index < -0.39 is 6.10 Å². The Morgan fingerprint density at radius 1 is 1.06 bits per heavy atom. The highest BCUT2D eigenvalue weighted by molar-refractivity contribution is 5.66. The van der Waals surface area contributed by atoms with Gasteiger partial charge in [-0.3, -0.25) is 9.59 Å². The van der Waals surface area contributed by atoms with E-state index >= 15 is 0 Å². The van der Waals surface area contributed by atoms with Gasteiger partial charge in [-0.2, -0.15) is 0 Å². The van der Waals surface area contributed by atoms with Crippen molar-refractivity contribution in [1.29, 1.82) is 0 Å². The molecule has 0 heterocycles. The quantitative estimate of drug-likeness (QED) is 0.504. The lowest BCUT2D eigenvalue weighted by Gasteiger charge is -2.58. The molecular weight excluding hydrogens is 392 g/mol. The fourth-order valence-corrected chi connectivity index (χ4v) is 7.55. The zero-order valence-electron chi connectivity index (χ0n) is 19.5. The first-order valence-electron chi connectivity index (χ1n) is 12.0. The van der Waals surface area contributed by atoms with Crippen LogP contribution in [0.3, 0.4) is 0 Å². The Kier molecular flexibility index (Phi) is 6.10. The highest BCUT2D eigenvalue weighted by Crippen LogP contribution is 2.65. The SMILES string of the molecule is CC(=O)OCCC(O)C1=CCC2C3CC=C4C[C@@H](OC(C)=O)CC[C@]4(C)C3CC[C@]12C. The first kappa shape index (κ1) is 22.6. The number of hydrogen-bond donors (Lipinski definition) is 1. The summed E-state index contributed by atoms with van der Waals surface area (Å²) in [5.74, 6) is 1.39. The van der Waals surface area contributed by atoms with Crippen molar-refractivity contribution >= 4 is 11.9 Å². The molecule has 0 amide bonds. The predicted molar refractivity (Wildman–Crippen MR) is 118 cm³/mol. The summed E-state index contributed by atoms with van der Waals surface area (Å²) in [6, 6.07) is 0. The van der Waals surface area contributed by atoms with Crippen LogP contribution in [-0.4, -0.2) is 35.9 Å². The van der Waals surface area contributed by atoms with Crippen molar-refractivity contribution in [2.24, 2.45) is 28.6 Å². The molecule has 7 atom stereocenters. The third-order valence-electron chi connectivity index (χ3n) is 9.09. The molecule has 0 saturated heterocycles. The van der Waals surface area contributed by atoms with E-state index in [2.05, 4.69) is 26.0 Å². The van der Waals surface area contributed by atoms with E-state index in [1.54, 1.807) is 0 Å². The van der Waals surface area contributed by atoms with Crippen molar-refractivity contribution in [3.05, 3.63) is 23.3 Å². The molecule has 0 aromatic heterocycles. The molecule has 0 bridgehead atoms. The minimum Gasteiger partial charge on any atom is -0.466 e. The molecule has 4 aliphatic carbocycles. The molecule has 1 N–H and O–H groups in total. The van der Waals surface area contributed by atoms with Crippen molar-refractivity contribution in [3.63, 3.8) is 0 Å². The molecule has 5 heteroatoms. The largest absolute Gasteiger partial charge is 0.466 e. The highest BCUT2D eigenvalue weighted by atomic mass is 16.5. The van der Waals surface area contributed by atoms with Crippen molar-refractivity contribution in [2.45, 2.75) is 91.3 Å². The Morgan fingerprint density at radius 2 is 1.81 bits per heavy atom. The summed E-state index contributed by atoms with van der Waals surface area (Å²) < 4.78 is 10.6. The van der Waals surface area contributed by atoms with Gasteiger partial charge in [-0.15, -0.1) is 0 Å². The van der Waals surface area contributed by atoms with Crippen LogP contribution in [0, 0.1) is 28.6 Å². The monoisotopic (exact) mass is 430 g/mol. The molecule has 5 nitrogen and oxygen atoms in total.